The number of aliphatic imine (C=N–C) groups is 1. The third kappa shape index (κ3) is 5.45. The lowest BCUT2D eigenvalue weighted by Gasteiger charge is -2.37. The van der Waals surface area contributed by atoms with E-state index in [0.29, 0.717) is 0 Å². The van der Waals surface area contributed by atoms with E-state index in [2.05, 4.69) is 74.3 Å². The van der Waals surface area contributed by atoms with Crippen molar-refractivity contribution in [3.05, 3.63) is 59.8 Å². The third-order valence-corrected chi connectivity index (χ3v) is 5.20. The number of nitrogens with one attached hydrogen (secondary N) is 1. The van der Waals surface area contributed by atoms with Crippen molar-refractivity contribution in [2.24, 2.45) is 4.99 Å². The van der Waals surface area contributed by atoms with Crippen LogP contribution >= 0.6 is 0 Å². The van der Waals surface area contributed by atoms with Gasteiger partial charge in [-0.15, -0.1) is 0 Å². The van der Waals surface area contributed by atoms with Crippen molar-refractivity contribution >= 4 is 11.8 Å². The number of benzene rings is 1. The van der Waals surface area contributed by atoms with E-state index < -0.39 is 0 Å². The smallest absolute Gasteiger partial charge is 0.194 e. The second kappa shape index (κ2) is 10.1. The highest BCUT2D eigenvalue weighted by molar-refractivity contribution is 5.80. The van der Waals surface area contributed by atoms with Gasteiger partial charge in [0.2, 0.25) is 0 Å². The summed E-state index contributed by atoms with van der Waals surface area (Å²) in [7, 11) is 4.01. The molecular weight excluding hydrogens is 348 g/mol. The normalized spacial score (nSPS) is 15.2. The topological polar surface area (TPSA) is 47.0 Å². The Bertz CT molecular complexity index is 753. The summed E-state index contributed by atoms with van der Waals surface area (Å²) in [4.78, 5) is 15.9. The van der Waals surface area contributed by atoms with Crippen LogP contribution < -0.4 is 10.2 Å². The molecule has 6 heteroatoms. The largest absolute Gasteiger partial charge is 0.353 e. The molecule has 6 nitrogen and oxygen atoms in total. The molecular formula is C22H32N6. The predicted molar refractivity (Wildman–Crippen MR) is 117 cm³/mol. The molecule has 0 bridgehead atoms. The number of nitrogens with zero attached hydrogens (tertiary/aromatic N) is 5. The summed E-state index contributed by atoms with van der Waals surface area (Å²) in [6.45, 7) is 8.80. The first-order chi connectivity index (χ1) is 13.7. The summed E-state index contributed by atoms with van der Waals surface area (Å²) >= 11 is 0. The molecule has 150 valence electrons. The van der Waals surface area contributed by atoms with Gasteiger partial charge in [-0.05, 0) is 36.9 Å². The van der Waals surface area contributed by atoms with Gasteiger partial charge in [0, 0.05) is 52.5 Å². The summed E-state index contributed by atoms with van der Waals surface area (Å²) in [5.41, 5.74) is 2.64. The number of hydrogen-bond donors (Lipinski definition) is 1. The molecule has 1 saturated heterocycles. The molecule has 28 heavy (non-hydrogen) atoms. The van der Waals surface area contributed by atoms with Gasteiger partial charge in [0.1, 0.15) is 5.82 Å². The second-order valence-corrected chi connectivity index (χ2v) is 7.21. The first-order valence-electron chi connectivity index (χ1n) is 10.1. The Labute approximate surface area is 168 Å². The van der Waals surface area contributed by atoms with Crippen LogP contribution in [0.1, 0.15) is 18.1 Å². The molecule has 0 amide bonds. The fourth-order valence-electron chi connectivity index (χ4n) is 3.46. The number of aromatic nitrogens is 1. The van der Waals surface area contributed by atoms with Gasteiger partial charge in [-0.3, -0.25) is 4.99 Å². The predicted octanol–water partition coefficient (Wildman–Crippen LogP) is 2.43. The van der Waals surface area contributed by atoms with Crippen LogP contribution in [-0.2, 0) is 13.1 Å². The van der Waals surface area contributed by atoms with Crippen LogP contribution in [0.25, 0.3) is 0 Å². The van der Waals surface area contributed by atoms with Crippen molar-refractivity contribution < 1.29 is 0 Å². The zero-order valence-electron chi connectivity index (χ0n) is 17.3. The molecule has 0 spiro atoms. The Morgan fingerprint density at radius 1 is 1.11 bits per heavy atom. The van der Waals surface area contributed by atoms with Crippen LogP contribution in [0.3, 0.4) is 0 Å². The van der Waals surface area contributed by atoms with Gasteiger partial charge in [0.25, 0.3) is 0 Å². The van der Waals surface area contributed by atoms with Crippen molar-refractivity contribution in [3.63, 3.8) is 0 Å². The summed E-state index contributed by atoms with van der Waals surface area (Å²) in [5, 5.41) is 3.53. The van der Waals surface area contributed by atoms with Crippen molar-refractivity contribution in [2.45, 2.75) is 20.0 Å². The van der Waals surface area contributed by atoms with Gasteiger partial charge in [0.15, 0.2) is 5.96 Å². The fraction of sp³-hybridized carbons (Fsp3) is 0.455. The second-order valence-electron chi connectivity index (χ2n) is 7.21. The molecule has 2 aromatic rings. The molecule has 0 aliphatic carbocycles. The zero-order chi connectivity index (χ0) is 19.8. The molecule has 0 unspecified atom stereocenters. The van der Waals surface area contributed by atoms with Gasteiger partial charge in [-0.1, -0.05) is 37.3 Å². The first-order valence-corrected chi connectivity index (χ1v) is 10.1. The van der Waals surface area contributed by atoms with E-state index in [0.717, 1.165) is 57.6 Å². The number of rotatable bonds is 6. The quantitative estimate of drug-likeness (QED) is 0.616. The van der Waals surface area contributed by atoms with E-state index in [1.165, 1.54) is 11.1 Å². The van der Waals surface area contributed by atoms with E-state index in [9.17, 15) is 0 Å². The van der Waals surface area contributed by atoms with Crippen molar-refractivity contribution in [2.75, 3.05) is 51.7 Å². The monoisotopic (exact) mass is 380 g/mol. The standard InChI is InChI=1S/C22H32N6/c1-4-26(3)18-20-9-7-8-19(16-20)17-25-22(23-2)28-14-12-27(13-15-28)21-10-5-6-11-24-21/h5-11,16H,4,12-15,17-18H2,1-3H3,(H,23,25). The molecule has 1 fully saturated rings. The Kier molecular flexibility index (Phi) is 7.25. The Morgan fingerprint density at radius 2 is 1.89 bits per heavy atom. The lowest BCUT2D eigenvalue weighted by atomic mass is 10.1. The van der Waals surface area contributed by atoms with E-state index in [-0.39, 0.29) is 0 Å². The van der Waals surface area contributed by atoms with Gasteiger partial charge >= 0.3 is 0 Å². The molecule has 0 atom stereocenters. The maximum Gasteiger partial charge on any atom is 0.194 e. The molecule has 0 saturated carbocycles. The number of hydrogen-bond acceptors (Lipinski definition) is 4. The third-order valence-electron chi connectivity index (χ3n) is 5.20. The Morgan fingerprint density at radius 3 is 2.57 bits per heavy atom. The fourth-order valence-corrected chi connectivity index (χ4v) is 3.46. The van der Waals surface area contributed by atoms with Crippen molar-refractivity contribution in [3.8, 4) is 0 Å². The minimum atomic E-state index is 0.788. The van der Waals surface area contributed by atoms with Crippen LogP contribution in [-0.4, -0.2) is 67.6 Å². The molecule has 1 N–H and O–H groups in total. The van der Waals surface area contributed by atoms with Gasteiger partial charge in [0.05, 0.1) is 0 Å². The van der Waals surface area contributed by atoms with Crippen LogP contribution in [0, 0.1) is 0 Å². The average Bonchev–Trinajstić information content (AvgIpc) is 2.75. The summed E-state index contributed by atoms with van der Waals surface area (Å²) < 4.78 is 0. The van der Waals surface area contributed by atoms with Crippen LogP contribution in [0.2, 0.25) is 0 Å². The number of anilines is 1. The van der Waals surface area contributed by atoms with E-state index >= 15 is 0 Å². The Balaban J connectivity index is 1.52. The maximum atomic E-state index is 4.50. The van der Waals surface area contributed by atoms with Crippen molar-refractivity contribution in [1.82, 2.24) is 20.1 Å². The maximum absolute atomic E-state index is 4.50. The van der Waals surface area contributed by atoms with Gasteiger partial charge in [-0.25, -0.2) is 4.98 Å². The average molecular weight is 381 g/mol. The molecule has 0 radical (unpaired) electrons. The van der Waals surface area contributed by atoms with Crippen LogP contribution in [0.4, 0.5) is 5.82 Å². The number of guanidine groups is 1. The molecule has 1 aromatic carbocycles. The molecule has 1 aliphatic heterocycles. The first kappa shape index (κ1) is 20.1. The molecule has 3 rings (SSSR count). The van der Waals surface area contributed by atoms with Gasteiger partial charge in [-0.2, -0.15) is 0 Å². The lowest BCUT2D eigenvalue weighted by Crippen LogP contribution is -2.52. The molecule has 2 heterocycles. The summed E-state index contributed by atoms with van der Waals surface area (Å²) in [6.07, 6.45) is 1.86. The zero-order valence-corrected chi connectivity index (χ0v) is 17.3. The highest BCUT2D eigenvalue weighted by atomic mass is 15.4. The van der Waals surface area contributed by atoms with Crippen molar-refractivity contribution in [1.29, 1.82) is 0 Å². The summed E-state index contributed by atoms with van der Waals surface area (Å²) in [5.74, 6) is 2.02. The number of pyridine rings is 1. The minimum absolute atomic E-state index is 0.788. The molecule has 1 aromatic heterocycles. The lowest BCUT2D eigenvalue weighted by molar-refractivity contribution is 0.345. The minimum Gasteiger partial charge on any atom is -0.353 e. The van der Waals surface area contributed by atoms with Crippen LogP contribution in [0.15, 0.2) is 53.7 Å². The van der Waals surface area contributed by atoms with Crippen LogP contribution in [0.5, 0.6) is 0 Å². The highest BCUT2D eigenvalue weighted by Crippen LogP contribution is 2.13. The molecule has 1 aliphatic rings. The summed E-state index contributed by atoms with van der Waals surface area (Å²) in [6, 6.07) is 14.9. The SMILES string of the molecule is CCN(C)Cc1cccc(CNC(=NC)N2CCN(c3ccccn3)CC2)c1. The van der Waals surface area contributed by atoms with E-state index in [1.54, 1.807) is 0 Å². The van der Waals surface area contributed by atoms with E-state index in [1.807, 2.05) is 25.4 Å². The van der Waals surface area contributed by atoms with E-state index in [4.69, 9.17) is 0 Å². The number of piperazine rings is 1. The van der Waals surface area contributed by atoms with Gasteiger partial charge < -0.3 is 20.0 Å². The highest BCUT2D eigenvalue weighted by Gasteiger charge is 2.20. The Hall–Kier alpha value is -2.60.